The van der Waals surface area contributed by atoms with Gasteiger partial charge in [-0.25, -0.2) is 0 Å². The molecule has 4 nitrogen and oxygen atoms in total. The molecule has 4 heteroatoms. The lowest BCUT2D eigenvalue weighted by molar-refractivity contribution is -0.137. The van der Waals surface area contributed by atoms with Crippen molar-refractivity contribution < 1.29 is 19.4 Å². The van der Waals surface area contributed by atoms with Crippen LogP contribution in [0.5, 0.6) is 0 Å². The first-order valence-corrected chi connectivity index (χ1v) is 5.86. The quantitative estimate of drug-likeness (QED) is 0.545. The lowest BCUT2D eigenvalue weighted by atomic mass is 9.81. The zero-order valence-corrected chi connectivity index (χ0v) is 11.5. The first-order chi connectivity index (χ1) is 7.61. The maximum absolute atomic E-state index is 12.0. The summed E-state index contributed by atoms with van der Waals surface area (Å²) in [5.74, 6) is -0.173. The summed E-state index contributed by atoms with van der Waals surface area (Å²) < 4.78 is 5.15. The molecule has 0 aromatic heterocycles. The van der Waals surface area contributed by atoms with Gasteiger partial charge in [-0.3, -0.25) is 9.59 Å². The SMILES string of the molecule is CC(C)(C)C(=O)CC(=O)C(C)(C)COCCO. The van der Waals surface area contributed by atoms with Gasteiger partial charge < -0.3 is 9.84 Å². The van der Waals surface area contributed by atoms with Crippen molar-refractivity contribution in [3.05, 3.63) is 0 Å². The van der Waals surface area contributed by atoms with E-state index in [9.17, 15) is 9.59 Å². The molecule has 0 saturated heterocycles. The summed E-state index contributed by atoms with van der Waals surface area (Å²) in [6.07, 6.45) is -0.0566. The Kier molecular flexibility index (Phi) is 5.99. The molecule has 0 aliphatic heterocycles. The molecule has 100 valence electrons. The highest BCUT2D eigenvalue weighted by molar-refractivity contribution is 6.03. The van der Waals surface area contributed by atoms with Crippen LogP contribution < -0.4 is 0 Å². The second-order valence-electron chi connectivity index (χ2n) is 5.93. The molecule has 0 aliphatic carbocycles. The van der Waals surface area contributed by atoms with Crippen molar-refractivity contribution in [3.8, 4) is 0 Å². The summed E-state index contributed by atoms with van der Waals surface area (Å²) in [6, 6.07) is 0. The number of ketones is 2. The molecule has 0 saturated carbocycles. The number of carbonyl (C=O) groups is 2. The van der Waals surface area contributed by atoms with E-state index in [1.807, 2.05) is 0 Å². The smallest absolute Gasteiger partial charge is 0.148 e. The Morgan fingerprint density at radius 2 is 1.59 bits per heavy atom. The molecule has 0 aromatic carbocycles. The third kappa shape index (κ3) is 5.94. The minimum absolute atomic E-state index is 0.0566. The minimum atomic E-state index is -0.684. The third-order valence-electron chi connectivity index (χ3n) is 2.61. The molecule has 0 amide bonds. The van der Waals surface area contributed by atoms with Gasteiger partial charge in [-0.2, -0.15) is 0 Å². The Hall–Kier alpha value is -0.740. The zero-order valence-electron chi connectivity index (χ0n) is 11.5. The van der Waals surface area contributed by atoms with Gasteiger partial charge >= 0.3 is 0 Å². The van der Waals surface area contributed by atoms with Gasteiger partial charge in [0.25, 0.3) is 0 Å². The van der Waals surface area contributed by atoms with E-state index in [0.717, 1.165) is 0 Å². The number of hydrogen-bond acceptors (Lipinski definition) is 4. The maximum atomic E-state index is 12.0. The molecule has 0 heterocycles. The average Bonchev–Trinajstić information content (AvgIpc) is 2.16. The van der Waals surface area contributed by atoms with Crippen LogP contribution in [-0.2, 0) is 14.3 Å². The number of Topliss-reactive ketones (excluding diaryl/α,β-unsaturated/α-hetero) is 2. The fourth-order valence-electron chi connectivity index (χ4n) is 1.12. The molecule has 17 heavy (non-hydrogen) atoms. The van der Waals surface area contributed by atoms with Crippen molar-refractivity contribution in [1.29, 1.82) is 0 Å². The zero-order chi connectivity index (χ0) is 13.7. The molecule has 0 aliphatic rings. The van der Waals surface area contributed by atoms with Crippen LogP contribution in [0.25, 0.3) is 0 Å². The summed E-state index contributed by atoms with van der Waals surface area (Å²) in [5, 5.41) is 8.59. The largest absolute Gasteiger partial charge is 0.394 e. The molecule has 0 unspecified atom stereocenters. The van der Waals surface area contributed by atoms with Crippen molar-refractivity contribution in [2.24, 2.45) is 10.8 Å². The van der Waals surface area contributed by atoms with Crippen molar-refractivity contribution in [3.63, 3.8) is 0 Å². The van der Waals surface area contributed by atoms with E-state index in [4.69, 9.17) is 9.84 Å². The Bertz CT molecular complexity index is 274. The summed E-state index contributed by atoms with van der Waals surface area (Å²) in [6.45, 7) is 9.29. The lowest BCUT2D eigenvalue weighted by Crippen LogP contribution is -2.34. The predicted molar refractivity (Wildman–Crippen MR) is 65.8 cm³/mol. The monoisotopic (exact) mass is 244 g/mol. The summed E-state index contributed by atoms with van der Waals surface area (Å²) >= 11 is 0. The molecule has 0 fully saturated rings. The molecular formula is C13H24O4. The predicted octanol–water partition coefficient (Wildman–Crippen LogP) is 1.60. The number of rotatable bonds is 7. The van der Waals surface area contributed by atoms with Gasteiger partial charge in [-0.15, -0.1) is 0 Å². The highest BCUT2D eigenvalue weighted by Gasteiger charge is 2.32. The topological polar surface area (TPSA) is 63.6 Å². The van der Waals surface area contributed by atoms with Crippen LogP contribution in [0, 0.1) is 10.8 Å². The van der Waals surface area contributed by atoms with Gasteiger partial charge in [0.05, 0.1) is 26.2 Å². The highest BCUT2D eigenvalue weighted by Crippen LogP contribution is 2.23. The number of ether oxygens (including phenoxy) is 1. The van der Waals surface area contributed by atoms with Gasteiger partial charge in [-0.05, 0) is 0 Å². The van der Waals surface area contributed by atoms with E-state index < -0.39 is 10.8 Å². The summed E-state index contributed by atoms with van der Waals surface area (Å²) in [4.78, 5) is 23.7. The number of aliphatic hydroxyl groups is 1. The normalized spacial score (nSPS) is 12.6. The molecule has 0 atom stereocenters. The van der Waals surface area contributed by atoms with E-state index in [-0.39, 0.29) is 37.8 Å². The van der Waals surface area contributed by atoms with Gasteiger partial charge in [0, 0.05) is 10.8 Å². The van der Waals surface area contributed by atoms with E-state index in [1.165, 1.54) is 0 Å². The van der Waals surface area contributed by atoms with E-state index >= 15 is 0 Å². The first kappa shape index (κ1) is 16.3. The highest BCUT2D eigenvalue weighted by atomic mass is 16.5. The van der Waals surface area contributed by atoms with Crippen LogP contribution in [0.2, 0.25) is 0 Å². The molecule has 1 N–H and O–H groups in total. The Labute approximate surface area is 103 Å². The molecule has 0 radical (unpaired) electrons. The molecule has 0 spiro atoms. The van der Waals surface area contributed by atoms with Gasteiger partial charge in [0.2, 0.25) is 0 Å². The molecular weight excluding hydrogens is 220 g/mol. The van der Waals surface area contributed by atoms with Crippen LogP contribution in [0.3, 0.4) is 0 Å². The van der Waals surface area contributed by atoms with Crippen molar-refractivity contribution >= 4 is 11.6 Å². The molecule has 0 aromatic rings. The van der Waals surface area contributed by atoms with Crippen LogP contribution in [0.1, 0.15) is 41.0 Å². The Morgan fingerprint density at radius 3 is 2.00 bits per heavy atom. The fraction of sp³-hybridized carbons (Fsp3) is 0.846. The number of hydrogen-bond donors (Lipinski definition) is 1. The summed E-state index contributed by atoms with van der Waals surface area (Å²) in [7, 11) is 0. The van der Waals surface area contributed by atoms with Gasteiger partial charge in [0.15, 0.2) is 0 Å². The van der Waals surface area contributed by atoms with E-state index in [1.54, 1.807) is 34.6 Å². The standard InChI is InChI=1S/C13H24O4/c1-12(2,3)10(15)8-11(16)13(4,5)9-17-7-6-14/h14H,6-9H2,1-5H3. The Balaban J connectivity index is 4.34. The molecule has 0 rings (SSSR count). The molecule has 0 bridgehead atoms. The van der Waals surface area contributed by atoms with E-state index in [0.29, 0.717) is 0 Å². The number of carbonyl (C=O) groups excluding carboxylic acids is 2. The third-order valence-corrected chi connectivity index (χ3v) is 2.61. The lowest BCUT2D eigenvalue weighted by Gasteiger charge is -2.24. The maximum Gasteiger partial charge on any atom is 0.148 e. The number of aliphatic hydroxyl groups excluding tert-OH is 1. The van der Waals surface area contributed by atoms with Crippen molar-refractivity contribution in [2.75, 3.05) is 19.8 Å². The average molecular weight is 244 g/mol. The summed E-state index contributed by atoms with van der Waals surface area (Å²) in [5.41, 5.74) is -1.17. The second-order valence-corrected chi connectivity index (χ2v) is 5.93. The second kappa shape index (κ2) is 6.26. The fourth-order valence-corrected chi connectivity index (χ4v) is 1.12. The minimum Gasteiger partial charge on any atom is -0.394 e. The van der Waals surface area contributed by atoms with Crippen LogP contribution >= 0.6 is 0 Å². The van der Waals surface area contributed by atoms with Gasteiger partial charge in [0.1, 0.15) is 11.6 Å². The van der Waals surface area contributed by atoms with Gasteiger partial charge in [-0.1, -0.05) is 34.6 Å². The van der Waals surface area contributed by atoms with Crippen LogP contribution in [0.4, 0.5) is 0 Å². The van der Waals surface area contributed by atoms with Crippen LogP contribution in [-0.4, -0.2) is 36.5 Å². The first-order valence-electron chi connectivity index (χ1n) is 5.86. The van der Waals surface area contributed by atoms with Crippen molar-refractivity contribution in [2.45, 2.75) is 41.0 Å². The van der Waals surface area contributed by atoms with Crippen LogP contribution in [0.15, 0.2) is 0 Å². The van der Waals surface area contributed by atoms with E-state index in [2.05, 4.69) is 0 Å². The van der Waals surface area contributed by atoms with Crippen molar-refractivity contribution in [1.82, 2.24) is 0 Å². The Morgan fingerprint density at radius 1 is 1.06 bits per heavy atom.